The summed E-state index contributed by atoms with van der Waals surface area (Å²) >= 11 is 0. The summed E-state index contributed by atoms with van der Waals surface area (Å²) in [6, 6.07) is 18.0. The summed E-state index contributed by atoms with van der Waals surface area (Å²) in [5.41, 5.74) is 2.29. The van der Waals surface area contributed by atoms with E-state index in [0.717, 1.165) is 11.1 Å². The number of aliphatic hydroxyl groups excluding tert-OH is 1. The standard InChI is InChI=1S/C29H30FN3O6/c1-37-24-9-5-2-6-17(24)15-31-27(35)14-19-13-21-20-12-18(10-11-25(20)39-28(21)26(16-34)38-19)32-29(36)33-23-8-4-3-7-22(23)30/h2-12,19,21,26,28,34H,13-16H2,1H3,(H,31,35)(H2,32,33,36)/t19-,21-,26-,28+/m1/s1. The molecule has 4 N–H and O–H groups in total. The van der Waals surface area contributed by atoms with E-state index in [0.29, 0.717) is 30.2 Å². The number of aliphatic hydroxyl groups is 1. The third-order valence-corrected chi connectivity index (χ3v) is 6.96. The predicted octanol–water partition coefficient (Wildman–Crippen LogP) is 4.18. The van der Waals surface area contributed by atoms with Gasteiger partial charge in [-0.3, -0.25) is 4.79 Å². The number of nitrogens with one attached hydrogen (secondary N) is 3. The lowest BCUT2D eigenvalue weighted by Gasteiger charge is -2.37. The third kappa shape index (κ3) is 5.97. The number of amides is 3. The maximum Gasteiger partial charge on any atom is 0.323 e. The average Bonchev–Trinajstić information content (AvgIpc) is 3.30. The summed E-state index contributed by atoms with van der Waals surface area (Å²) in [6.07, 6.45) is -0.838. The first-order chi connectivity index (χ1) is 18.9. The second kappa shape index (κ2) is 11.7. The summed E-state index contributed by atoms with van der Waals surface area (Å²) in [5, 5.41) is 18.1. The molecule has 4 atom stereocenters. The Hall–Kier alpha value is -4.15. The van der Waals surface area contributed by atoms with Crippen LogP contribution in [0.2, 0.25) is 0 Å². The van der Waals surface area contributed by atoms with Crippen LogP contribution in [0.25, 0.3) is 0 Å². The molecule has 39 heavy (non-hydrogen) atoms. The Morgan fingerprint density at radius 3 is 2.67 bits per heavy atom. The highest BCUT2D eigenvalue weighted by Crippen LogP contribution is 2.47. The van der Waals surface area contributed by atoms with Gasteiger partial charge in [0.15, 0.2) is 0 Å². The van der Waals surface area contributed by atoms with Gasteiger partial charge in [-0.05, 0) is 42.8 Å². The van der Waals surface area contributed by atoms with E-state index in [-0.39, 0.29) is 30.5 Å². The maximum atomic E-state index is 13.9. The zero-order chi connectivity index (χ0) is 27.4. The molecule has 204 valence electrons. The van der Waals surface area contributed by atoms with Crippen LogP contribution in [0.5, 0.6) is 11.5 Å². The van der Waals surface area contributed by atoms with Crippen molar-refractivity contribution < 1.29 is 33.3 Å². The smallest absolute Gasteiger partial charge is 0.323 e. The molecule has 1 saturated heterocycles. The average molecular weight is 536 g/mol. The molecule has 2 heterocycles. The number of urea groups is 1. The molecule has 3 amide bonds. The van der Waals surface area contributed by atoms with E-state index < -0.39 is 30.2 Å². The van der Waals surface area contributed by atoms with Crippen molar-refractivity contribution in [3.63, 3.8) is 0 Å². The Morgan fingerprint density at radius 2 is 1.87 bits per heavy atom. The van der Waals surface area contributed by atoms with E-state index in [2.05, 4.69) is 16.0 Å². The second-order valence-corrected chi connectivity index (χ2v) is 9.51. The summed E-state index contributed by atoms with van der Waals surface area (Å²) in [6.45, 7) is 0.0611. The van der Waals surface area contributed by atoms with Crippen LogP contribution >= 0.6 is 0 Å². The Morgan fingerprint density at radius 1 is 1.08 bits per heavy atom. The van der Waals surface area contributed by atoms with Gasteiger partial charge in [0.25, 0.3) is 0 Å². The van der Waals surface area contributed by atoms with Gasteiger partial charge in [0, 0.05) is 29.3 Å². The number of carbonyl (C=O) groups excluding carboxylic acids is 2. The molecule has 0 spiro atoms. The number of methoxy groups -OCH3 is 1. The van der Waals surface area contributed by atoms with Gasteiger partial charge >= 0.3 is 6.03 Å². The molecule has 1 fully saturated rings. The van der Waals surface area contributed by atoms with Gasteiger partial charge < -0.3 is 35.3 Å². The first-order valence-electron chi connectivity index (χ1n) is 12.7. The van der Waals surface area contributed by atoms with Crippen LogP contribution in [0, 0.1) is 5.82 Å². The molecule has 3 aromatic carbocycles. The monoisotopic (exact) mass is 535 g/mol. The minimum atomic E-state index is -0.607. The fourth-order valence-electron chi connectivity index (χ4n) is 5.14. The Bertz CT molecular complexity index is 1350. The molecule has 5 rings (SSSR count). The van der Waals surface area contributed by atoms with E-state index in [1.165, 1.54) is 12.1 Å². The zero-order valence-electron chi connectivity index (χ0n) is 21.4. The zero-order valence-corrected chi connectivity index (χ0v) is 21.4. The van der Waals surface area contributed by atoms with Crippen molar-refractivity contribution in [2.24, 2.45) is 0 Å². The van der Waals surface area contributed by atoms with Crippen molar-refractivity contribution >= 4 is 23.3 Å². The van der Waals surface area contributed by atoms with Gasteiger partial charge in [-0.2, -0.15) is 0 Å². The molecule has 0 bridgehead atoms. The number of hydrogen-bond acceptors (Lipinski definition) is 6. The molecule has 0 aromatic heterocycles. The first-order valence-corrected chi connectivity index (χ1v) is 12.7. The highest BCUT2D eigenvalue weighted by molar-refractivity contribution is 6.00. The minimum absolute atomic E-state index is 0.0709. The molecule has 3 aromatic rings. The van der Waals surface area contributed by atoms with Crippen molar-refractivity contribution in [2.75, 3.05) is 24.4 Å². The van der Waals surface area contributed by atoms with Crippen LogP contribution in [0.1, 0.15) is 29.9 Å². The summed E-state index contributed by atoms with van der Waals surface area (Å²) in [5.74, 6) is 0.470. The number of hydrogen-bond donors (Lipinski definition) is 4. The molecule has 2 aliphatic rings. The van der Waals surface area contributed by atoms with Crippen LogP contribution in [0.3, 0.4) is 0 Å². The highest BCUT2D eigenvalue weighted by Gasteiger charge is 2.46. The normalized spacial score (nSPS) is 21.2. The lowest BCUT2D eigenvalue weighted by atomic mass is 9.84. The molecular weight excluding hydrogens is 505 g/mol. The van der Waals surface area contributed by atoms with Gasteiger partial charge in [-0.1, -0.05) is 30.3 Å². The number of ether oxygens (including phenoxy) is 3. The summed E-state index contributed by atoms with van der Waals surface area (Å²) in [4.78, 5) is 25.2. The van der Waals surface area contributed by atoms with Crippen LogP contribution in [-0.4, -0.2) is 49.1 Å². The SMILES string of the molecule is COc1ccccc1CNC(=O)C[C@H]1C[C@@H]2c3cc(NC(=O)Nc4ccccc4F)ccc3O[C@@H]2[C@@H](CO)O1. The van der Waals surface area contributed by atoms with Crippen molar-refractivity contribution in [2.45, 2.75) is 43.6 Å². The highest BCUT2D eigenvalue weighted by atomic mass is 19.1. The van der Waals surface area contributed by atoms with Crippen LogP contribution < -0.4 is 25.4 Å². The van der Waals surface area contributed by atoms with Crippen molar-refractivity contribution in [3.05, 3.63) is 83.7 Å². The quantitative estimate of drug-likeness (QED) is 0.344. The molecule has 0 aliphatic carbocycles. The molecule has 9 nitrogen and oxygen atoms in total. The summed E-state index contributed by atoms with van der Waals surface area (Å²) < 4.78 is 31.4. The van der Waals surface area contributed by atoms with E-state index in [9.17, 15) is 19.1 Å². The molecule has 0 saturated carbocycles. The summed E-state index contributed by atoms with van der Waals surface area (Å²) in [7, 11) is 1.58. The van der Waals surface area contributed by atoms with E-state index >= 15 is 0 Å². The Kier molecular flexibility index (Phi) is 7.94. The third-order valence-electron chi connectivity index (χ3n) is 6.96. The number of fused-ring (bicyclic) bond motifs is 3. The van der Waals surface area contributed by atoms with Crippen LogP contribution in [0.15, 0.2) is 66.7 Å². The predicted molar refractivity (Wildman–Crippen MR) is 142 cm³/mol. The van der Waals surface area contributed by atoms with Crippen molar-refractivity contribution in [3.8, 4) is 11.5 Å². The number of para-hydroxylation sites is 2. The molecule has 0 radical (unpaired) electrons. The first kappa shape index (κ1) is 26.5. The van der Waals surface area contributed by atoms with Gasteiger partial charge in [0.1, 0.15) is 29.5 Å². The van der Waals surface area contributed by atoms with Crippen LogP contribution in [-0.2, 0) is 16.1 Å². The van der Waals surface area contributed by atoms with E-state index in [1.54, 1.807) is 37.4 Å². The van der Waals surface area contributed by atoms with Gasteiger partial charge in [-0.25, -0.2) is 9.18 Å². The van der Waals surface area contributed by atoms with Gasteiger partial charge in [-0.15, -0.1) is 0 Å². The van der Waals surface area contributed by atoms with Crippen LogP contribution in [0.4, 0.5) is 20.6 Å². The fraction of sp³-hybridized carbons (Fsp3) is 0.310. The number of carbonyl (C=O) groups is 2. The lowest BCUT2D eigenvalue weighted by molar-refractivity contribution is -0.142. The second-order valence-electron chi connectivity index (χ2n) is 9.51. The minimum Gasteiger partial charge on any atom is -0.496 e. The molecular formula is C29H30FN3O6. The van der Waals surface area contributed by atoms with Crippen molar-refractivity contribution in [1.29, 1.82) is 0 Å². The lowest BCUT2D eigenvalue weighted by Crippen LogP contribution is -2.47. The number of rotatable bonds is 8. The number of benzene rings is 3. The molecule has 2 aliphatic heterocycles. The fourth-order valence-corrected chi connectivity index (χ4v) is 5.14. The van der Waals surface area contributed by atoms with Gasteiger partial charge in [0.2, 0.25) is 5.91 Å². The van der Waals surface area contributed by atoms with E-state index in [1.807, 2.05) is 24.3 Å². The van der Waals surface area contributed by atoms with Crippen molar-refractivity contribution in [1.82, 2.24) is 5.32 Å². The molecule has 0 unspecified atom stereocenters. The van der Waals surface area contributed by atoms with Gasteiger partial charge in [0.05, 0.1) is 31.9 Å². The van der Waals surface area contributed by atoms with E-state index in [4.69, 9.17) is 14.2 Å². The molecule has 10 heteroatoms. The number of anilines is 2. The Labute approximate surface area is 225 Å². The topological polar surface area (TPSA) is 118 Å². The number of halogens is 1. The maximum absolute atomic E-state index is 13.9. The largest absolute Gasteiger partial charge is 0.496 e. The Balaban J connectivity index is 1.24.